The van der Waals surface area contributed by atoms with Crippen molar-refractivity contribution in [1.29, 1.82) is 0 Å². The maximum atomic E-state index is 13.0. The second kappa shape index (κ2) is 8.31. The average molecular weight is 399 g/mol. The number of hydrogen-bond acceptors (Lipinski definition) is 2. The molecule has 0 radical (unpaired) electrons. The van der Waals surface area contributed by atoms with Crippen molar-refractivity contribution in [3.63, 3.8) is 0 Å². The molecule has 146 valence electrons. The van der Waals surface area contributed by atoms with Crippen LogP contribution in [0.5, 0.6) is 0 Å². The van der Waals surface area contributed by atoms with Crippen molar-refractivity contribution in [2.24, 2.45) is 5.73 Å². The van der Waals surface area contributed by atoms with Crippen LogP contribution in [0.15, 0.2) is 54.6 Å². The Labute approximate surface area is 162 Å². The maximum Gasteiger partial charge on any atom is 0.416 e. The largest absolute Gasteiger partial charge is 0.416 e. The molecule has 1 fully saturated rings. The summed E-state index contributed by atoms with van der Waals surface area (Å²) in [7, 11) is 0. The van der Waals surface area contributed by atoms with Gasteiger partial charge in [0.25, 0.3) is 0 Å². The topological polar surface area (TPSA) is 55.1 Å². The van der Waals surface area contributed by atoms with Crippen LogP contribution in [-0.4, -0.2) is 12.5 Å². The average Bonchev–Trinajstić information content (AvgIpc) is 2.60. The molecule has 0 spiro atoms. The first-order chi connectivity index (χ1) is 12.3. The van der Waals surface area contributed by atoms with Gasteiger partial charge in [0.1, 0.15) is 6.04 Å². The SMILES string of the molecule is Cl.NC(C(=O)NCC1(c2cccc(C(F)(F)F)c2)CCC1)c1ccccc1. The van der Waals surface area contributed by atoms with Crippen molar-refractivity contribution >= 4 is 18.3 Å². The van der Waals surface area contributed by atoms with Crippen molar-refractivity contribution in [2.75, 3.05) is 6.54 Å². The van der Waals surface area contributed by atoms with Crippen molar-refractivity contribution in [2.45, 2.75) is 36.9 Å². The van der Waals surface area contributed by atoms with Crippen LogP contribution in [0.25, 0.3) is 0 Å². The van der Waals surface area contributed by atoms with Gasteiger partial charge in [0.05, 0.1) is 5.56 Å². The first-order valence-electron chi connectivity index (χ1n) is 8.58. The molecule has 1 unspecified atom stereocenters. The molecule has 0 aliphatic heterocycles. The Hall–Kier alpha value is -2.05. The van der Waals surface area contributed by atoms with Gasteiger partial charge in [-0.25, -0.2) is 0 Å². The Morgan fingerprint density at radius 2 is 1.78 bits per heavy atom. The fraction of sp³-hybridized carbons (Fsp3) is 0.350. The number of nitrogens with one attached hydrogen (secondary N) is 1. The van der Waals surface area contributed by atoms with E-state index in [0.29, 0.717) is 11.1 Å². The van der Waals surface area contributed by atoms with Crippen LogP contribution in [0.2, 0.25) is 0 Å². The van der Waals surface area contributed by atoms with Crippen LogP contribution in [0.1, 0.15) is 42.0 Å². The predicted molar refractivity (Wildman–Crippen MR) is 101 cm³/mol. The molecule has 0 aromatic heterocycles. The zero-order valence-electron chi connectivity index (χ0n) is 14.6. The maximum absolute atomic E-state index is 13.0. The van der Waals surface area contributed by atoms with E-state index in [0.717, 1.165) is 25.3 Å². The second-order valence-corrected chi connectivity index (χ2v) is 6.82. The summed E-state index contributed by atoms with van der Waals surface area (Å²) in [6.07, 6.45) is -1.96. The number of alkyl halides is 3. The third-order valence-corrected chi connectivity index (χ3v) is 5.16. The molecule has 0 heterocycles. The minimum absolute atomic E-state index is 0. The Morgan fingerprint density at radius 3 is 2.33 bits per heavy atom. The Kier molecular flexibility index (Phi) is 6.54. The first kappa shape index (κ1) is 21.3. The highest BCUT2D eigenvalue weighted by Crippen LogP contribution is 2.44. The molecule has 0 bridgehead atoms. The standard InChI is InChI=1S/C20H21F3N2O.ClH/c21-20(22,23)16-9-4-8-15(12-16)19(10-5-11-19)13-25-18(26)17(24)14-6-2-1-3-7-14;/h1-4,6-9,12,17H,5,10-11,13,24H2,(H,25,26);1H. The first-order valence-corrected chi connectivity index (χ1v) is 8.58. The molecule has 1 atom stereocenters. The predicted octanol–water partition coefficient (Wildman–Crippen LogP) is 4.37. The highest BCUT2D eigenvalue weighted by Gasteiger charge is 2.40. The van der Waals surface area contributed by atoms with Gasteiger partial charge in [-0.05, 0) is 30.0 Å². The van der Waals surface area contributed by atoms with Crippen LogP contribution in [-0.2, 0) is 16.4 Å². The Morgan fingerprint density at radius 1 is 1.11 bits per heavy atom. The van der Waals surface area contributed by atoms with E-state index in [1.165, 1.54) is 12.1 Å². The van der Waals surface area contributed by atoms with Crippen LogP contribution < -0.4 is 11.1 Å². The van der Waals surface area contributed by atoms with Gasteiger partial charge in [0.15, 0.2) is 0 Å². The zero-order valence-corrected chi connectivity index (χ0v) is 15.4. The molecular formula is C20H22ClF3N2O. The minimum Gasteiger partial charge on any atom is -0.354 e. The lowest BCUT2D eigenvalue weighted by Crippen LogP contribution is -2.47. The van der Waals surface area contributed by atoms with Gasteiger partial charge in [-0.2, -0.15) is 13.2 Å². The monoisotopic (exact) mass is 398 g/mol. The Bertz CT molecular complexity index is 776. The lowest BCUT2D eigenvalue weighted by Gasteiger charge is -2.43. The van der Waals surface area contributed by atoms with E-state index in [1.807, 2.05) is 6.07 Å². The van der Waals surface area contributed by atoms with E-state index in [1.54, 1.807) is 30.3 Å². The molecule has 1 amide bonds. The minimum atomic E-state index is -4.38. The summed E-state index contributed by atoms with van der Waals surface area (Å²) >= 11 is 0. The van der Waals surface area contributed by atoms with E-state index < -0.39 is 23.2 Å². The third-order valence-electron chi connectivity index (χ3n) is 5.16. The van der Waals surface area contributed by atoms with Gasteiger partial charge in [-0.15, -0.1) is 12.4 Å². The number of carbonyl (C=O) groups excluding carboxylic acids is 1. The number of carbonyl (C=O) groups is 1. The van der Waals surface area contributed by atoms with E-state index in [9.17, 15) is 18.0 Å². The van der Waals surface area contributed by atoms with E-state index in [-0.39, 0.29) is 24.9 Å². The molecule has 0 saturated heterocycles. The fourth-order valence-corrected chi connectivity index (χ4v) is 3.37. The van der Waals surface area contributed by atoms with Gasteiger partial charge in [-0.3, -0.25) is 4.79 Å². The quantitative estimate of drug-likeness (QED) is 0.786. The zero-order chi connectivity index (χ0) is 18.8. The smallest absolute Gasteiger partial charge is 0.354 e. The third kappa shape index (κ3) is 4.62. The van der Waals surface area contributed by atoms with Crippen molar-refractivity contribution in [1.82, 2.24) is 5.32 Å². The molecule has 1 saturated carbocycles. The van der Waals surface area contributed by atoms with Crippen molar-refractivity contribution in [3.05, 3.63) is 71.3 Å². The van der Waals surface area contributed by atoms with Gasteiger partial charge < -0.3 is 11.1 Å². The van der Waals surface area contributed by atoms with E-state index in [4.69, 9.17) is 5.73 Å². The molecule has 1 aliphatic rings. The molecule has 3 rings (SSSR count). The summed E-state index contributed by atoms with van der Waals surface area (Å²) in [6, 6.07) is 13.6. The fourth-order valence-electron chi connectivity index (χ4n) is 3.37. The van der Waals surface area contributed by atoms with Crippen molar-refractivity contribution in [3.8, 4) is 0 Å². The molecule has 3 N–H and O–H groups in total. The van der Waals surface area contributed by atoms with Crippen molar-refractivity contribution < 1.29 is 18.0 Å². The molecule has 7 heteroatoms. The van der Waals surface area contributed by atoms with E-state index in [2.05, 4.69) is 5.32 Å². The normalized spacial score (nSPS) is 16.6. The van der Waals surface area contributed by atoms with Crippen LogP contribution in [0.3, 0.4) is 0 Å². The molecule has 1 aliphatic carbocycles. The number of benzene rings is 2. The summed E-state index contributed by atoms with van der Waals surface area (Å²) in [5, 5.41) is 2.84. The lowest BCUT2D eigenvalue weighted by molar-refractivity contribution is -0.137. The summed E-state index contributed by atoms with van der Waals surface area (Å²) in [4.78, 5) is 12.4. The lowest BCUT2D eigenvalue weighted by atomic mass is 9.64. The summed E-state index contributed by atoms with van der Waals surface area (Å²) in [5.41, 5.74) is 6.20. The molecule has 2 aromatic carbocycles. The van der Waals surface area contributed by atoms with Gasteiger partial charge in [0.2, 0.25) is 5.91 Å². The van der Waals surface area contributed by atoms with Gasteiger partial charge in [0, 0.05) is 12.0 Å². The molecule has 27 heavy (non-hydrogen) atoms. The Balaban J connectivity index is 0.00000261. The van der Waals surface area contributed by atoms with Gasteiger partial charge in [-0.1, -0.05) is 55.0 Å². The summed E-state index contributed by atoms with van der Waals surface area (Å²) in [6.45, 7) is 0.285. The summed E-state index contributed by atoms with van der Waals surface area (Å²) in [5.74, 6) is -0.325. The number of halogens is 4. The molecule has 2 aromatic rings. The molecule has 3 nitrogen and oxygen atoms in total. The second-order valence-electron chi connectivity index (χ2n) is 6.82. The number of nitrogens with two attached hydrogens (primary N) is 1. The summed E-state index contributed by atoms with van der Waals surface area (Å²) < 4.78 is 39.0. The highest BCUT2D eigenvalue weighted by molar-refractivity contribution is 5.85. The number of hydrogen-bond donors (Lipinski definition) is 2. The highest BCUT2D eigenvalue weighted by atomic mass is 35.5. The van der Waals surface area contributed by atoms with E-state index >= 15 is 0 Å². The van der Waals surface area contributed by atoms with Crippen LogP contribution in [0, 0.1) is 0 Å². The van der Waals surface area contributed by atoms with Crippen LogP contribution in [0.4, 0.5) is 13.2 Å². The number of amides is 1. The van der Waals surface area contributed by atoms with Gasteiger partial charge >= 0.3 is 6.18 Å². The van der Waals surface area contributed by atoms with Crippen LogP contribution >= 0.6 is 12.4 Å². The molecular weight excluding hydrogens is 377 g/mol. The number of rotatable bonds is 5.